The van der Waals surface area contributed by atoms with Crippen LogP contribution in [0.3, 0.4) is 0 Å². The first-order valence-corrected chi connectivity index (χ1v) is 6.26. The lowest BCUT2D eigenvalue weighted by Crippen LogP contribution is -2.39. The van der Waals surface area contributed by atoms with Crippen LogP contribution in [-0.4, -0.2) is 63.5 Å². The average Bonchev–Trinajstić information content (AvgIpc) is 2.86. The number of ether oxygens (including phenoxy) is 2. The first kappa shape index (κ1) is 12.3. The highest BCUT2D eigenvalue weighted by Gasteiger charge is 2.35. The van der Waals surface area contributed by atoms with Gasteiger partial charge in [0.25, 0.3) is 0 Å². The minimum atomic E-state index is 0.238. The Bertz CT molecular complexity index is 213. The van der Waals surface area contributed by atoms with Gasteiger partial charge in [0.15, 0.2) is 0 Å². The Morgan fingerprint density at radius 1 is 1.19 bits per heavy atom. The van der Waals surface area contributed by atoms with Crippen molar-refractivity contribution < 1.29 is 9.47 Å². The van der Waals surface area contributed by atoms with E-state index in [2.05, 4.69) is 17.1 Å². The van der Waals surface area contributed by atoms with Gasteiger partial charge in [-0.15, -0.1) is 0 Å². The maximum atomic E-state index is 5.45. The largest absolute Gasteiger partial charge is 0.377 e. The van der Waals surface area contributed by atoms with Crippen molar-refractivity contribution in [2.45, 2.75) is 31.6 Å². The summed E-state index contributed by atoms with van der Waals surface area (Å²) in [7, 11) is 3.55. The fourth-order valence-corrected chi connectivity index (χ4v) is 2.84. The summed E-state index contributed by atoms with van der Waals surface area (Å²) in [6.07, 6.45) is 1.78. The molecule has 1 N–H and O–H groups in total. The summed E-state index contributed by atoms with van der Waals surface area (Å²) in [4.78, 5) is 2.46. The van der Waals surface area contributed by atoms with Gasteiger partial charge >= 0.3 is 0 Å². The fourth-order valence-electron chi connectivity index (χ4n) is 2.84. The predicted molar refractivity (Wildman–Crippen MR) is 63.6 cm³/mol. The normalized spacial score (nSPS) is 40.7. The van der Waals surface area contributed by atoms with Crippen LogP contribution >= 0.6 is 0 Å². The first-order chi connectivity index (χ1) is 7.74. The molecule has 0 saturated carbocycles. The van der Waals surface area contributed by atoms with Gasteiger partial charge in [0.1, 0.15) is 0 Å². The zero-order chi connectivity index (χ0) is 11.5. The van der Waals surface area contributed by atoms with Gasteiger partial charge in [-0.1, -0.05) is 6.92 Å². The highest BCUT2D eigenvalue weighted by atomic mass is 16.5. The van der Waals surface area contributed by atoms with Crippen molar-refractivity contribution in [2.75, 3.05) is 40.4 Å². The van der Waals surface area contributed by atoms with Crippen molar-refractivity contribution in [3.63, 3.8) is 0 Å². The number of methoxy groups -OCH3 is 2. The molecule has 0 bridgehead atoms. The maximum Gasteiger partial charge on any atom is 0.0971 e. The van der Waals surface area contributed by atoms with Crippen LogP contribution in [0.15, 0.2) is 0 Å². The summed E-state index contributed by atoms with van der Waals surface area (Å²) >= 11 is 0. The van der Waals surface area contributed by atoms with Crippen molar-refractivity contribution in [3.05, 3.63) is 0 Å². The number of rotatable bonds is 4. The summed E-state index contributed by atoms with van der Waals surface area (Å²) in [6.45, 7) is 6.63. The monoisotopic (exact) mass is 228 g/mol. The van der Waals surface area contributed by atoms with Crippen LogP contribution < -0.4 is 5.32 Å². The minimum absolute atomic E-state index is 0.238. The van der Waals surface area contributed by atoms with E-state index in [0.29, 0.717) is 6.04 Å². The quantitative estimate of drug-likeness (QED) is 0.752. The number of nitrogens with one attached hydrogen (secondary N) is 1. The fraction of sp³-hybridized carbons (Fsp3) is 1.00. The van der Waals surface area contributed by atoms with E-state index >= 15 is 0 Å². The summed E-state index contributed by atoms with van der Waals surface area (Å²) in [5.41, 5.74) is 0. The van der Waals surface area contributed by atoms with E-state index in [0.717, 1.165) is 25.6 Å². The standard InChI is InChI=1S/C12H24N2O2/c1-9-4-5-13-10(9)6-14-7-11(15-2)12(8-14)16-3/h9-13H,4-8H2,1-3H3. The highest BCUT2D eigenvalue weighted by Crippen LogP contribution is 2.20. The lowest BCUT2D eigenvalue weighted by atomic mass is 10.0. The smallest absolute Gasteiger partial charge is 0.0971 e. The Morgan fingerprint density at radius 2 is 1.81 bits per heavy atom. The Kier molecular flexibility index (Phi) is 4.19. The summed E-state index contributed by atoms with van der Waals surface area (Å²) in [6, 6.07) is 0.646. The van der Waals surface area contributed by atoms with E-state index in [1.54, 1.807) is 14.2 Å². The van der Waals surface area contributed by atoms with Gasteiger partial charge in [0.2, 0.25) is 0 Å². The molecule has 2 heterocycles. The molecule has 2 saturated heterocycles. The van der Waals surface area contributed by atoms with Gasteiger partial charge in [-0.2, -0.15) is 0 Å². The van der Waals surface area contributed by atoms with E-state index in [1.165, 1.54) is 13.0 Å². The van der Waals surface area contributed by atoms with Crippen molar-refractivity contribution in [3.8, 4) is 0 Å². The molecule has 94 valence electrons. The molecule has 0 spiro atoms. The van der Waals surface area contributed by atoms with E-state index in [-0.39, 0.29) is 12.2 Å². The van der Waals surface area contributed by atoms with Crippen LogP contribution in [-0.2, 0) is 9.47 Å². The molecular weight excluding hydrogens is 204 g/mol. The second-order valence-electron chi connectivity index (χ2n) is 5.09. The SMILES string of the molecule is COC1CN(CC2NCCC2C)CC1OC. The van der Waals surface area contributed by atoms with Crippen LogP contribution in [0.2, 0.25) is 0 Å². The van der Waals surface area contributed by atoms with Crippen LogP contribution in [0.4, 0.5) is 0 Å². The summed E-state index contributed by atoms with van der Waals surface area (Å²) in [5, 5.41) is 3.58. The molecule has 0 aromatic heterocycles. The molecular formula is C12H24N2O2. The van der Waals surface area contributed by atoms with Crippen molar-refractivity contribution in [1.29, 1.82) is 0 Å². The van der Waals surface area contributed by atoms with Crippen LogP contribution in [0, 0.1) is 5.92 Å². The van der Waals surface area contributed by atoms with E-state index in [9.17, 15) is 0 Å². The van der Waals surface area contributed by atoms with Crippen LogP contribution in [0.25, 0.3) is 0 Å². The van der Waals surface area contributed by atoms with E-state index < -0.39 is 0 Å². The third-order valence-electron chi connectivity index (χ3n) is 4.04. The molecule has 0 amide bonds. The molecule has 0 aliphatic carbocycles. The highest BCUT2D eigenvalue weighted by molar-refractivity contribution is 4.90. The minimum Gasteiger partial charge on any atom is -0.377 e. The molecule has 4 atom stereocenters. The van der Waals surface area contributed by atoms with Crippen molar-refractivity contribution >= 4 is 0 Å². The molecule has 4 heteroatoms. The lowest BCUT2D eigenvalue weighted by Gasteiger charge is -2.23. The first-order valence-electron chi connectivity index (χ1n) is 6.26. The second kappa shape index (κ2) is 5.45. The Labute approximate surface area is 98.3 Å². The van der Waals surface area contributed by atoms with E-state index in [1.807, 2.05) is 0 Å². The predicted octanol–water partition coefficient (Wildman–Crippen LogP) is 0.330. The van der Waals surface area contributed by atoms with Gasteiger partial charge in [-0.25, -0.2) is 0 Å². The average molecular weight is 228 g/mol. The molecule has 16 heavy (non-hydrogen) atoms. The molecule has 0 radical (unpaired) electrons. The van der Waals surface area contributed by atoms with E-state index in [4.69, 9.17) is 9.47 Å². The van der Waals surface area contributed by atoms with Crippen LogP contribution in [0.5, 0.6) is 0 Å². The molecule has 2 fully saturated rings. The maximum absolute atomic E-state index is 5.45. The molecule has 2 aliphatic heterocycles. The summed E-state index contributed by atoms with van der Waals surface area (Å²) < 4.78 is 10.9. The lowest BCUT2D eigenvalue weighted by molar-refractivity contribution is -0.00461. The third kappa shape index (κ3) is 2.56. The number of likely N-dealkylation sites (tertiary alicyclic amines) is 1. The zero-order valence-corrected chi connectivity index (χ0v) is 10.6. The molecule has 2 aliphatic rings. The topological polar surface area (TPSA) is 33.7 Å². The van der Waals surface area contributed by atoms with Crippen molar-refractivity contribution in [2.24, 2.45) is 5.92 Å². The Morgan fingerprint density at radius 3 is 2.25 bits per heavy atom. The van der Waals surface area contributed by atoms with Crippen LogP contribution in [0.1, 0.15) is 13.3 Å². The Balaban J connectivity index is 1.83. The number of hydrogen-bond acceptors (Lipinski definition) is 4. The van der Waals surface area contributed by atoms with Gasteiger partial charge < -0.3 is 14.8 Å². The third-order valence-corrected chi connectivity index (χ3v) is 4.04. The molecule has 0 aromatic carbocycles. The van der Waals surface area contributed by atoms with Gasteiger partial charge in [-0.3, -0.25) is 4.90 Å². The number of nitrogens with zero attached hydrogens (tertiary/aromatic N) is 1. The Hall–Kier alpha value is -0.160. The van der Waals surface area contributed by atoms with Gasteiger partial charge in [0.05, 0.1) is 12.2 Å². The summed E-state index contributed by atoms with van der Waals surface area (Å²) in [5.74, 6) is 0.794. The van der Waals surface area contributed by atoms with Gasteiger partial charge in [0, 0.05) is 39.9 Å². The van der Waals surface area contributed by atoms with Gasteiger partial charge in [-0.05, 0) is 18.9 Å². The molecule has 4 unspecified atom stereocenters. The second-order valence-corrected chi connectivity index (χ2v) is 5.09. The zero-order valence-electron chi connectivity index (χ0n) is 10.6. The molecule has 2 rings (SSSR count). The molecule has 4 nitrogen and oxygen atoms in total. The van der Waals surface area contributed by atoms with Crippen molar-refractivity contribution in [1.82, 2.24) is 10.2 Å². The molecule has 0 aromatic rings. The number of hydrogen-bond donors (Lipinski definition) is 1.